The average Bonchev–Trinajstić information content (AvgIpc) is 2.14. The van der Waals surface area contributed by atoms with E-state index in [1.807, 2.05) is 26.0 Å². The zero-order chi connectivity index (χ0) is 10.6. The predicted octanol–water partition coefficient (Wildman–Crippen LogP) is 1.52. The van der Waals surface area contributed by atoms with E-state index in [9.17, 15) is 5.11 Å². The van der Waals surface area contributed by atoms with E-state index in [0.29, 0.717) is 19.0 Å². The van der Waals surface area contributed by atoms with Gasteiger partial charge in [-0.3, -0.25) is 0 Å². The number of rotatable bonds is 4. The van der Waals surface area contributed by atoms with E-state index in [1.54, 1.807) is 0 Å². The molecule has 0 unspecified atom stereocenters. The van der Waals surface area contributed by atoms with Crippen molar-refractivity contribution in [3.8, 4) is 5.75 Å². The van der Waals surface area contributed by atoms with Crippen LogP contribution in [0.4, 0.5) is 0 Å². The molecule has 0 bridgehead atoms. The minimum absolute atomic E-state index is 0.0377. The van der Waals surface area contributed by atoms with Gasteiger partial charge in [-0.15, -0.1) is 0 Å². The highest BCUT2D eigenvalue weighted by molar-refractivity contribution is 5.41. The van der Waals surface area contributed by atoms with Crippen molar-refractivity contribution in [2.75, 3.05) is 13.2 Å². The molecule has 0 spiro atoms. The molecule has 0 saturated carbocycles. The molecule has 1 aromatic carbocycles. The van der Waals surface area contributed by atoms with Crippen LogP contribution in [-0.2, 0) is 11.3 Å². The molecule has 1 aromatic rings. The van der Waals surface area contributed by atoms with E-state index in [2.05, 4.69) is 0 Å². The Morgan fingerprint density at radius 1 is 1.21 bits per heavy atom. The number of phenols is 1. The van der Waals surface area contributed by atoms with Crippen molar-refractivity contribution in [1.82, 2.24) is 0 Å². The number of aliphatic hydroxyl groups is 1. The normalized spacial score (nSPS) is 10.5. The van der Waals surface area contributed by atoms with Crippen molar-refractivity contribution in [3.05, 3.63) is 28.8 Å². The molecule has 0 atom stereocenters. The Morgan fingerprint density at radius 3 is 2.29 bits per heavy atom. The molecular formula is C11H16O3. The quantitative estimate of drug-likeness (QED) is 0.718. The van der Waals surface area contributed by atoms with Crippen LogP contribution >= 0.6 is 0 Å². The van der Waals surface area contributed by atoms with Crippen molar-refractivity contribution < 1.29 is 14.9 Å². The molecule has 1 rings (SSSR count). The maximum Gasteiger partial charge on any atom is 0.121 e. The summed E-state index contributed by atoms with van der Waals surface area (Å²) in [4.78, 5) is 0. The number of aryl methyl sites for hydroxylation is 2. The van der Waals surface area contributed by atoms with Gasteiger partial charge in [0.05, 0.1) is 19.8 Å². The second kappa shape index (κ2) is 4.98. The first-order chi connectivity index (χ1) is 6.65. The highest BCUT2D eigenvalue weighted by atomic mass is 16.5. The van der Waals surface area contributed by atoms with Crippen LogP contribution in [0.2, 0.25) is 0 Å². The summed E-state index contributed by atoms with van der Waals surface area (Å²) >= 11 is 0. The topological polar surface area (TPSA) is 49.7 Å². The molecule has 0 aliphatic carbocycles. The minimum Gasteiger partial charge on any atom is -0.507 e. The van der Waals surface area contributed by atoms with Crippen molar-refractivity contribution in [1.29, 1.82) is 0 Å². The summed E-state index contributed by atoms with van der Waals surface area (Å²) in [5.41, 5.74) is 2.73. The van der Waals surface area contributed by atoms with Crippen molar-refractivity contribution in [2.45, 2.75) is 20.5 Å². The average molecular weight is 196 g/mol. The molecule has 14 heavy (non-hydrogen) atoms. The van der Waals surface area contributed by atoms with Crippen molar-refractivity contribution in [3.63, 3.8) is 0 Å². The SMILES string of the molecule is Cc1cc(COCCO)cc(C)c1O. The molecule has 3 heteroatoms. The molecule has 0 heterocycles. The van der Waals surface area contributed by atoms with Crippen LogP contribution in [0.15, 0.2) is 12.1 Å². The van der Waals surface area contributed by atoms with E-state index < -0.39 is 0 Å². The second-order valence-electron chi connectivity index (χ2n) is 3.35. The van der Waals surface area contributed by atoms with Gasteiger partial charge >= 0.3 is 0 Å². The van der Waals surface area contributed by atoms with Gasteiger partial charge in [0.15, 0.2) is 0 Å². The zero-order valence-corrected chi connectivity index (χ0v) is 8.58. The fraction of sp³-hybridized carbons (Fsp3) is 0.455. The maximum absolute atomic E-state index is 9.52. The van der Waals surface area contributed by atoms with E-state index in [1.165, 1.54) is 0 Å². The smallest absolute Gasteiger partial charge is 0.121 e. The summed E-state index contributed by atoms with van der Waals surface area (Å²) in [6.45, 7) is 4.58. The fourth-order valence-corrected chi connectivity index (χ4v) is 1.38. The van der Waals surface area contributed by atoms with Crippen molar-refractivity contribution in [2.24, 2.45) is 0 Å². The molecule has 0 fully saturated rings. The number of ether oxygens (including phenoxy) is 1. The number of aromatic hydroxyl groups is 1. The molecule has 0 amide bonds. The Bertz CT molecular complexity index is 284. The maximum atomic E-state index is 9.52. The first kappa shape index (κ1) is 11.0. The van der Waals surface area contributed by atoms with E-state index >= 15 is 0 Å². The Hall–Kier alpha value is -1.06. The lowest BCUT2D eigenvalue weighted by molar-refractivity contribution is 0.0815. The molecule has 0 aliphatic heterocycles. The molecule has 2 N–H and O–H groups in total. The van der Waals surface area contributed by atoms with Gasteiger partial charge in [-0.1, -0.05) is 12.1 Å². The molecule has 3 nitrogen and oxygen atoms in total. The summed E-state index contributed by atoms with van der Waals surface area (Å²) in [6, 6.07) is 3.78. The van der Waals surface area contributed by atoms with Crippen molar-refractivity contribution >= 4 is 0 Å². The third-order valence-corrected chi connectivity index (χ3v) is 2.06. The van der Waals surface area contributed by atoms with Crippen LogP contribution in [-0.4, -0.2) is 23.4 Å². The van der Waals surface area contributed by atoms with Gasteiger partial charge in [0.1, 0.15) is 5.75 Å². The molecular weight excluding hydrogens is 180 g/mol. The van der Waals surface area contributed by atoms with Gasteiger partial charge in [-0.05, 0) is 30.5 Å². The number of hydrogen-bond donors (Lipinski definition) is 2. The summed E-state index contributed by atoms with van der Waals surface area (Å²) in [5.74, 6) is 0.343. The first-order valence-electron chi connectivity index (χ1n) is 4.63. The van der Waals surface area contributed by atoms with Crippen LogP contribution in [0.5, 0.6) is 5.75 Å². The molecule has 0 aromatic heterocycles. The summed E-state index contributed by atoms with van der Waals surface area (Å²) < 4.78 is 5.19. The Labute approximate surface area is 84.0 Å². The number of aliphatic hydroxyl groups excluding tert-OH is 1. The van der Waals surface area contributed by atoms with Crippen LogP contribution < -0.4 is 0 Å². The van der Waals surface area contributed by atoms with Gasteiger partial charge in [0, 0.05) is 0 Å². The van der Waals surface area contributed by atoms with E-state index in [-0.39, 0.29) is 6.61 Å². The summed E-state index contributed by atoms with van der Waals surface area (Å²) in [7, 11) is 0. The van der Waals surface area contributed by atoms with E-state index in [4.69, 9.17) is 9.84 Å². The van der Waals surface area contributed by atoms with Gasteiger partial charge in [0.2, 0.25) is 0 Å². The zero-order valence-electron chi connectivity index (χ0n) is 8.58. The van der Waals surface area contributed by atoms with Gasteiger partial charge < -0.3 is 14.9 Å². The molecule has 78 valence electrons. The standard InChI is InChI=1S/C11H16O3/c1-8-5-10(7-14-4-3-12)6-9(2)11(8)13/h5-6,12-13H,3-4,7H2,1-2H3. The lowest BCUT2D eigenvalue weighted by atomic mass is 10.1. The van der Waals surface area contributed by atoms with Crippen LogP contribution in [0, 0.1) is 13.8 Å². The third kappa shape index (κ3) is 2.72. The Morgan fingerprint density at radius 2 is 1.79 bits per heavy atom. The lowest BCUT2D eigenvalue weighted by Crippen LogP contribution is -1.99. The third-order valence-electron chi connectivity index (χ3n) is 2.06. The molecule has 0 radical (unpaired) electrons. The van der Waals surface area contributed by atoms with Gasteiger partial charge in [-0.25, -0.2) is 0 Å². The van der Waals surface area contributed by atoms with Gasteiger partial charge in [0.25, 0.3) is 0 Å². The monoisotopic (exact) mass is 196 g/mol. The lowest BCUT2D eigenvalue weighted by Gasteiger charge is -2.07. The largest absolute Gasteiger partial charge is 0.507 e. The van der Waals surface area contributed by atoms with Crippen LogP contribution in [0.1, 0.15) is 16.7 Å². The first-order valence-corrected chi connectivity index (χ1v) is 4.63. The fourth-order valence-electron chi connectivity index (χ4n) is 1.38. The van der Waals surface area contributed by atoms with Crippen LogP contribution in [0.25, 0.3) is 0 Å². The number of hydrogen-bond acceptors (Lipinski definition) is 3. The number of benzene rings is 1. The Kier molecular flexibility index (Phi) is 3.92. The highest BCUT2D eigenvalue weighted by Gasteiger charge is 2.02. The second-order valence-corrected chi connectivity index (χ2v) is 3.35. The molecule has 0 saturated heterocycles. The summed E-state index contributed by atoms with van der Waals surface area (Å²) in [5, 5.41) is 18.1. The minimum atomic E-state index is 0.0377. The molecule has 0 aliphatic rings. The number of phenolic OH excluding ortho intramolecular Hbond substituents is 1. The highest BCUT2D eigenvalue weighted by Crippen LogP contribution is 2.23. The predicted molar refractivity (Wildman–Crippen MR) is 54.3 cm³/mol. The Balaban J connectivity index is 2.69. The van der Waals surface area contributed by atoms with E-state index in [0.717, 1.165) is 16.7 Å². The van der Waals surface area contributed by atoms with Gasteiger partial charge in [-0.2, -0.15) is 0 Å². The van der Waals surface area contributed by atoms with Crippen LogP contribution in [0.3, 0.4) is 0 Å². The summed E-state index contributed by atoms with van der Waals surface area (Å²) in [6.07, 6.45) is 0.